The lowest BCUT2D eigenvalue weighted by atomic mass is 9.91. The molecule has 0 amide bonds. The minimum Gasteiger partial charge on any atom is -0.481 e. The zero-order valence-corrected chi connectivity index (χ0v) is 13.4. The van der Waals surface area contributed by atoms with Crippen LogP contribution in [0.5, 0.6) is 11.6 Å². The van der Waals surface area contributed by atoms with Gasteiger partial charge in [-0.2, -0.15) is 0 Å². The van der Waals surface area contributed by atoms with Crippen LogP contribution in [0, 0.1) is 0 Å². The number of carbonyl (C=O) groups is 1. The first-order valence-electron chi connectivity index (χ1n) is 8.10. The highest BCUT2D eigenvalue weighted by atomic mass is 16.5. The second-order valence-electron chi connectivity index (χ2n) is 5.60. The number of benzene rings is 1. The second kappa shape index (κ2) is 8.93. The Morgan fingerprint density at radius 1 is 1.17 bits per heavy atom. The van der Waals surface area contributed by atoms with Crippen LogP contribution in [0.25, 0.3) is 0 Å². The first-order valence-corrected chi connectivity index (χ1v) is 8.10. The first-order chi connectivity index (χ1) is 11.2. The molecule has 1 unspecified atom stereocenters. The second-order valence-corrected chi connectivity index (χ2v) is 5.60. The average molecular weight is 313 g/mol. The molecule has 0 radical (unpaired) electrons. The summed E-state index contributed by atoms with van der Waals surface area (Å²) in [5.41, 5.74) is 0.870. The molecule has 0 fully saturated rings. The third-order valence-corrected chi connectivity index (χ3v) is 3.78. The lowest BCUT2D eigenvalue weighted by Gasteiger charge is -2.18. The Morgan fingerprint density at radius 2 is 1.96 bits per heavy atom. The maximum absolute atomic E-state index is 11.2. The molecule has 0 aliphatic rings. The van der Waals surface area contributed by atoms with E-state index in [-0.39, 0.29) is 12.3 Å². The normalized spacial score (nSPS) is 11.9. The van der Waals surface area contributed by atoms with Crippen LogP contribution in [-0.2, 0) is 4.79 Å². The van der Waals surface area contributed by atoms with Gasteiger partial charge in [0.25, 0.3) is 0 Å². The Bertz CT molecular complexity index is 613. The van der Waals surface area contributed by atoms with Gasteiger partial charge in [-0.05, 0) is 30.5 Å². The summed E-state index contributed by atoms with van der Waals surface area (Å²) >= 11 is 0. The van der Waals surface area contributed by atoms with Crippen molar-refractivity contribution in [3.05, 3.63) is 54.2 Å². The number of ether oxygens (including phenoxy) is 1. The van der Waals surface area contributed by atoms with Crippen molar-refractivity contribution in [2.24, 2.45) is 0 Å². The molecule has 0 aliphatic heterocycles. The highest BCUT2D eigenvalue weighted by Gasteiger charge is 2.20. The summed E-state index contributed by atoms with van der Waals surface area (Å²) in [6.07, 6.45) is 5.82. The highest BCUT2D eigenvalue weighted by molar-refractivity contribution is 5.68. The molecule has 0 bridgehead atoms. The molecule has 0 aliphatic carbocycles. The van der Waals surface area contributed by atoms with E-state index in [1.807, 2.05) is 42.5 Å². The molecule has 0 saturated carbocycles. The minimum atomic E-state index is -0.791. The summed E-state index contributed by atoms with van der Waals surface area (Å²) in [4.78, 5) is 15.5. The van der Waals surface area contributed by atoms with Crippen LogP contribution in [0.3, 0.4) is 0 Å². The number of unbranched alkanes of at least 4 members (excludes halogenated alkanes) is 2. The first kappa shape index (κ1) is 17.0. The number of aromatic nitrogens is 1. The van der Waals surface area contributed by atoms with Crippen LogP contribution >= 0.6 is 0 Å². The molecule has 1 heterocycles. The maximum atomic E-state index is 11.2. The van der Waals surface area contributed by atoms with E-state index in [0.717, 1.165) is 31.2 Å². The summed E-state index contributed by atoms with van der Waals surface area (Å²) in [6, 6.07) is 13.2. The fourth-order valence-electron chi connectivity index (χ4n) is 2.62. The van der Waals surface area contributed by atoms with Crippen molar-refractivity contribution in [1.82, 2.24) is 4.98 Å². The summed E-state index contributed by atoms with van der Waals surface area (Å²) in [5.74, 6) is 0.337. The minimum absolute atomic E-state index is 0.0773. The Balaban J connectivity index is 2.21. The number of para-hydroxylation sites is 1. The van der Waals surface area contributed by atoms with Gasteiger partial charge in [-0.3, -0.25) is 4.79 Å². The Morgan fingerprint density at radius 3 is 2.65 bits per heavy atom. The van der Waals surface area contributed by atoms with E-state index in [1.54, 1.807) is 6.20 Å². The van der Waals surface area contributed by atoms with Crippen LogP contribution in [0.1, 0.15) is 50.5 Å². The number of hydrogen-bond acceptors (Lipinski definition) is 3. The SMILES string of the molecule is CCCCCC(CC(=O)O)c1cccnc1Oc1ccccc1. The van der Waals surface area contributed by atoms with Crippen molar-refractivity contribution >= 4 is 5.97 Å². The van der Waals surface area contributed by atoms with E-state index >= 15 is 0 Å². The zero-order chi connectivity index (χ0) is 16.5. The molecule has 4 heteroatoms. The zero-order valence-electron chi connectivity index (χ0n) is 13.4. The van der Waals surface area contributed by atoms with Crippen LogP contribution in [0.15, 0.2) is 48.7 Å². The van der Waals surface area contributed by atoms with Gasteiger partial charge >= 0.3 is 5.97 Å². The molecule has 1 atom stereocenters. The molecule has 1 N–H and O–H groups in total. The van der Waals surface area contributed by atoms with Gasteiger partial charge < -0.3 is 9.84 Å². The Labute approximate surface area is 137 Å². The third-order valence-electron chi connectivity index (χ3n) is 3.78. The number of aliphatic carboxylic acids is 1. The number of carboxylic acid groups (broad SMARTS) is 1. The van der Waals surface area contributed by atoms with Gasteiger partial charge in [0.2, 0.25) is 5.88 Å². The van der Waals surface area contributed by atoms with Crippen LogP contribution < -0.4 is 4.74 Å². The molecule has 1 aromatic heterocycles. The number of pyridine rings is 1. The number of hydrogen-bond donors (Lipinski definition) is 1. The summed E-state index contributed by atoms with van der Waals surface area (Å²) < 4.78 is 5.87. The monoisotopic (exact) mass is 313 g/mol. The predicted octanol–water partition coefficient (Wildman–Crippen LogP) is 5.01. The van der Waals surface area contributed by atoms with E-state index in [2.05, 4.69) is 11.9 Å². The van der Waals surface area contributed by atoms with Gasteiger partial charge in [0.05, 0.1) is 6.42 Å². The van der Waals surface area contributed by atoms with E-state index < -0.39 is 5.97 Å². The van der Waals surface area contributed by atoms with E-state index in [4.69, 9.17) is 4.74 Å². The Hall–Kier alpha value is -2.36. The van der Waals surface area contributed by atoms with Crippen LogP contribution in [-0.4, -0.2) is 16.1 Å². The average Bonchev–Trinajstić information content (AvgIpc) is 2.55. The smallest absolute Gasteiger partial charge is 0.303 e. The largest absolute Gasteiger partial charge is 0.481 e. The lowest BCUT2D eigenvalue weighted by Crippen LogP contribution is -2.08. The fraction of sp³-hybridized carbons (Fsp3) is 0.368. The standard InChI is InChI=1S/C19H23NO3/c1-2-3-5-9-15(14-18(21)22)17-12-8-13-20-19(17)23-16-10-6-4-7-11-16/h4,6-8,10-13,15H,2-3,5,9,14H2,1H3,(H,21,22). The van der Waals surface area contributed by atoms with Crippen molar-refractivity contribution in [3.8, 4) is 11.6 Å². The van der Waals surface area contributed by atoms with Crippen LogP contribution in [0.4, 0.5) is 0 Å². The quantitative estimate of drug-likeness (QED) is 0.661. The predicted molar refractivity (Wildman–Crippen MR) is 89.9 cm³/mol. The molecule has 2 aromatic rings. The topological polar surface area (TPSA) is 59.4 Å². The summed E-state index contributed by atoms with van der Waals surface area (Å²) in [5, 5.41) is 9.22. The summed E-state index contributed by atoms with van der Waals surface area (Å²) in [7, 11) is 0. The van der Waals surface area contributed by atoms with Crippen molar-refractivity contribution in [3.63, 3.8) is 0 Å². The molecule has 23 heavy (non-hydrogen) atoms. The molecular formula is C19H23NO3. The molecule has 2 rings (SSSR count). The molecule has 122 valence electrons. The number of nitrogens with zero attached hydrogens (tertiary/aromatic N) is 1. The highest BCUT2D eigenvalue weighted by Crippen LogP contribution is 2.33. The molecular weight excluding hydrogens is 290 g/mol. The van der Waals surface area contributed by atoms with E-state index in [1.165, 1.54) is 0 Å². The van der Waals surface area contributed by atoms with Gasteiger partial charge in [-0.25, -0.2) is 4.98 Å². The number of rotatable bonds is 9. The van der Waals surface area contributed by atoms with Gasteiger partial charge in [-0.1, -0.05) is 50.5 Å². The van der Waals surface area contributed by atoms with Gasteiger partial charge in [0.1, 0.15) is 5.75 Å². The summed E-state index contributed by atoms with van der Waals surface area (Å²) in [6.45, 7) is 2.14. The lowest BCUT2D eigenvalue weighted by molar-refractivity contribution is -0.137. The van der Waals surface area contributed by atoms with Crippen LogP contribution in [0.2, 0.25) is 0 Å². The molecule has 0 saturated heterocycles. The number of carboxylic acids is 1. The van der Waals surface area contributed by atoms with E-state index in [0.29, 0.717) is 11.6 Å². The maximum Gasteiger partial charge on any atom is 0.303 e. The molecule has 4 nitrogen and oxygen atoms in total. The molecule has 0 spiro atoms. The van der Waals surface area contributed by atoms with Crippen molar-refractivity contribution in [1.29, 1.82) is 0 Å². The van der Waals surface area contributed by atoms with Gasteiger partial charge in [0.15, 0.2) is 0 Å². The molecule has 1 aromatic carbocycles. The van der Waals surface area contributed by atoms with Crippen molar-refractivity contribution < 1.29 is 14.6 Å². The third kappa shape index (κ3) is 5.40. The van der Waals surface area contributed by atoms with Crippen molar-refractivity contribution in [2.45, 2.75) is 44.9 Å². The Kier molecular flexibility index (Phi) is 6.60. The van der Waals surface area contributed by atoms with Gasteiger partial charge in [-0.15, -0.1) is 0 Å². The van der Waals surface area contributed by atoms with Crippen molar-refractivity contribution in [2.75, 3.05) is 0 Å². The van der Waals surface area contributed by atoms with E-state index in [9.17, 15) is 9.90 Å². The van der Waals surface area contributed by atoms with Gasteiger partial charge in [0, 0.05) is 11.8 Å². The fourth-order valence-corrected chi connectivity index (χ4v) is 2.62.